The molecule has 0 bridgehead atoms. The molecule has 11 nitrogen and oxygen atoms in total. The molecule has 35 heavy (non-hydrogen) atoms. The van der Waals surface area contributed by atoms with Gasteiger partial charge in [0.2, 0.25) is 10.0 Å². The molecular weight excluding hydrogens is 472 g/mol. The Balaban J connectivity index is 1.44. The van der Waals surface area contributed by atoms with Crippen LogP contribution in [0.2, 0.25) is 0 Å². The van der Waals surface area contributed by atoms with Crippen LogP contribution in [0.5, 0.6) is 0 Å². The summed E-state index contributed by atoms with van der Waals surface area (Å²) in [7, 11) is -3.65. The maximum atomic E-state index is 13.1. The van der Waals surface area contributed by atoms with E-state index in [0.29, 0.717) is 61.1 Å². The van der Waals surface area contributed by atoms with E-state index in [1.54, 1.807) is 43.6 Å². The average molecular weight is 499 g/mol. The molecule has 1 aliphatic heterocycles. The summed E-state index contributed by atoms with van der Waals surface area (Å²) < 4.78 is 42.0. The molecular formula is C23H26N6O5S. The molecule has 4 heterocycles. The topological polar surface area (TPSA) is 121 Å². The number of ether oxygens (including phenoxy) is 2. The molecule has 0 unspecified atom stereocenters. The minimum Gasteiger partial charge on any atom is -0.454 e. The number of hydrogen-bond acceptors (Lipinski definition) is 8. The first kappa shape index (κ1) is 23.4. The van der Waals surface area contributed by atoms with Crippen molar-refractivity contribution in [1.82, 2.24) is 28.5 Å². The Morgan fingerprint density at radius 3 is 2.80 bits per heavy atom. The van der Waals surface area contributed by atoms with Crippen molar-refractivity contribution in [3.63, 3.8) is 0 Å². The fourth-order valence-electron chi connectivity index (χ4n) is 4.28. The number of imidazole rings is 1. The van der Waals surface area contributed by atoms with E-state index in [9.17, 15) is 13.2 Å². The quantitative estimate of drug-likeness (QED) is 0.356. The van der Waals surface area contributed by atoms with Crippen molar-refractivity contribution in [3.05, 3.63) is 53.7 Å². The zero-order valence-corrected chi connectivity index (χ0v) is 20.4. The number of benzene rings is 1. The van der Waals surface area contributed by atoms with Gasteiger partial charge in [0.15, 0.2) is 5.65 Å². The Labute approximate surface area is 202 Å². The van der Waals surface area contributed by atoms with Gasteiger partial charge in [0.25, 0.3) is 0 Å². The van der Waals surface area contributed by atoms with Crippen LogP contribution in [0.4, 0.5) is 0 Å². The fraction of sp³-hybridized carbons (Fsp3) is 0.391. The second-order valence-corrected chi connectivity index (χ2v) is 10.2. The third-order valence-corrected chi connectivity index (χ3v) is 7.86. The van der Waals surface area contributed by atoms with Crippen LogP contribution < -0.4 is 0 Å². The summed E-state index contributed by atoms with van der Waals surface area (Å²) in [5, 5.41) is 4.31. The van der Waals surface area contributed by atoms with Gasteiger partial charge in [-0.2, -0.15) is 9.40 Å². The zero-order valence-electron chi connectivity index (χ0n) is 19.5. The lowest BCUT2D eigenvalue weighted by Crippen LogP contribution is -2.40. The van der Waals surface area contributed by atoms with E-state index in [1.165, 1.54) is 8.82 Å². The maximum Gasteiger partial charge on any atom is 0.344 e. The van der Waals surface area contributed by atoms with Gasteiger partial charge in [-0.15, -0.1) is 0 Å². The summed E-state index contributed by atoms with van der Waals surface area (Å²) in [6.45, 7) is 5.75. The third kappa shape index (κ3) is 4.28. The van der Waals surface area contributed by atoms with Gasteiger partial charge in [0.1, 0.15) is 18.0 Å². The van der Waals surface area contributed by atoms with Gasteiger partial charge in [-0.3, -0.25) is 0 Å². The molecule has 1 aliphatic rings. The molecule has 5 rings (SSSR count). The van der Waals surface area contributed by atoms with Crippen molar-refractivity contribution < 1.29 is 22.7 Å². The number of fused-ring (bicyclic) bond motifs is 2. The molecule has 1 fully saturated rings. The maximum absolute atomic E-state index is 13.1. The molecule has 4 aromatic rings. The number of morpholine rings is 1. The van der Waals surface area contributed by atoms with Crippen LogP contribution in [-0.4, -0.2) is 69.1 Å². The Morgan fingerprint density at radius 2 is 2.03 bits per heavy atom. The zero-order chi connectivity index (χ0) is 24.6. The highest BCUT2D eigenvalue weighted by molar-refractivity contribution is 7.89. The number of nitrogens with zero attached hydrogens (tertiary/aromatic N) is 6. The molecule has 0 amide bonds. The average Bonchev–Trinajstić information content (AvgIpc) is 3.39. The smallest absolute Gasteiger partial charge is 0.344 e. The number of rotatable bonds is 7. The van der Waals surface area contributed by atoms with E-state index >= 15 is 0 Å². The summed E-state index contributed by atoms with van der Waals surface area (Å²) in [6.07, 6.45) is 4.14. The van der Waals surface area contributed by atoms with Gasteiger partial charge in [-0.25, -0.2) is 27.7 Å². The van der Waals surface area contributed by atoms with Crippen LogP contribution in [0.1, 0.15) is 35.2 Å². The predicted molar refractivity (Wildman–Crippen MR) is 126 cm³/mol. The van der Waals surface area contributed by atoms with Gasteiger partial charge in [-0.1, -0.05) is 6.92 Å². The van der Waals surface area contributed by atoms with E-state index in [1.807, 2.05) is 11.5 Å². The molecule has 0 atom stereocenters. The highest BCUT2D eigenvalue weighted by atomic mass is 32.2. The lowest BCUT2D eigenvalue weighted by Gasteiger charge is -2.26. The molecule has 0 aliphatic carbocycles. The van der Waals surface area contributed by atoms with Crippen LogP contribution in [-0.2, 0) is 32.6 Å². The normalized spacial score (nSPS) is 15.1. The molecule has 0 N–H and O–H groups in total. The minimum absolute atomic E-state index is 0.0668. The molecule has 1 saturated heterocycles. The van der Waals surface area contributed by atoms with Crippen molar-refractivity contribution in [2.24, 2.45) is 0 Å². The molecule has 3 aromatic heterocycles. The van der Waals surface area contributed by atoms with Crippen molar-refractivity contribution in [2.75, 3.05) is 26.3 Å². The second kappa shape index (κ2) is 9.36. The van der Waals surface area contributed by atoms with Gasteiger partial charge in [0.05, 0.1) is 34.8 Å². The standard InChI is InChI=1S/C23H26N6O5S/c1-3-8-28-19-6-5-17(35(31,32)27-10-12-33-13-11-27)14-18(19)25-20(28)15-34-23(30)21-16(2)26-29-9-4-7-24-22(21)29/h4-7,9,14H,3,8,10-13,15H2,1-2H3. The highest BCUT2D eigenvalue weighted by Gasteiger charge is 2.27. The first-order valence-electron chi connectivity index (χ1n) is 11.4. The van der Waals surface area contributed by atoms with Gasteiger partial charge < -0.3 is 14.0 Å². The molecule has 0 spiro atoms. The largest absolute Gasteiger partial charge is 0.454 e. The van der Waals surface area contributed by atoms with E-state index in [2.05, 4.69) is 15.1 Å². The molecule has 0 radical (unpaired) electrons. The first-order valence-corrected chi connectivity index (χ1v) is 12.9. The Bertz CT molecular complexity index is 1500. The summed E-state index contributed by atoms with van der Waals surface area (Å²) in [4.78, 5) is 22.0. The summed E-state index contributed by atoms with van der Waals surface area (Å²) >= 11 is 0. The Hall–Kier alpha value is -3.35. The number of carbonyl (C=O) groups excluding carboxylic acids is 1. The van der Waals surface area contributed by atoms with Crippen molar-refractivity contribution in [3.8, 4) is 0 Å². The number of sulfonamides is 1. The van der Waals surface area contributed by atoms with E-state index in [-0.39, 0.29) is 11.5 Å². The Kier molecular flexibility index (Phi) is 6.26. The Morgan fingerprint density at radius 1 is 1.23 bits per heavy atom. The monoisotopic (exact) mass is 498 g/mol. The molecule has 0 saturated carbocycles. The van der Waals surface area contributed by atoms with Crippen LogP contribution >= 0.6 is 0 Å². The molecule has 12 heteroatoms. The lowest BCUT2D eigenvalue weighted by atomic mass is 10.2. The summed E-state index contributed by atoms with van der Waals surface area (Å²) in [6, 6.07) is 6.67. The van der Waals surface area contributed by atoms with Crippen LogP contribution in [0.25, 0.3) is 16.7 Å². The second-order valence-electron chi connectivity index (χ2n) is 8.27. The van der Waals surface area contributed by atoms with Crippen LogP contribution in [0, 0.1) is 6.92 Å². The summed E-state index contributed by atoms with van der Waals surface area (Å²) in [5.41, 5.74) is 2.58. The molecule has 1 aromatic carbocycles. The van der Waals surface area contributed by atoms with E-state index in [4.69, 9.17) is 9.47 Å². The van der Waals surface area contributed by atoms with Crippen LogP contribution in [0.15, 0.2) is 41.6 Å². The minimum atomic E-state index is -3.65. The molecule has 184 valence electrons. The van der Waals surface area contributed by atoms with Crippen LogP contribution in [0.3, 0.4) is 0 Å². The number of carbonyl (C=O) groups is 1. The van der Waals surface area contributed by atoms with E-state index in [0.717, 1.165) is 11.9 Å². The highest BCUT2D eigenvalue weighted by Crippen LogP contribution is 2.25. The lowest BCUT2D eigenvalue weighted by molar-refractivity contribution is 0.0459. The SMILES string of the molecule is CCCn1c(COC(=O)c2c(C)nn3cccnc23)nc2cc(S(=O)(=O)N3CCOCC3)ccc21. The van der Waals surface area contributed by atoms with E-state index < -0.39 is 16.0 Å². The van der Waals surface area contributed by atoms with Gasteiger partial charge in [-0.05, 0) is 37.6 Å². The van der Waals surface area contributed by atoms with Gasteiger partial charge in [0, 0.05) is 32.0 Å². The third-order valence-electron chi connectivity index (χ3n) is 5.96. The number of aryl methyl sites for hydroxylation is 2. The first-order chi connectivity index (χ1) is 16.9. The summed E-state index contributed by atoms with van der Waals surface area (Å²) in [5.74, 6) is 0.0000884. The van der Waals surface area contributed by atoms with Crippen molar-refractivity contribution >= 4 is 32.7 Å². The van der Waals surface area contributed by atoms with Gasteiger partial charge >= 0.3 is 5.97 Å². The number of hydrogen-bond donors (Lipinski definition) is 0. The number of aromatic nitrogens is 5. The predicted octanol–water partition coefficient (Wildman–Crippen LogP) is 2.18. The fourth-order valence-corrected chi connectivity index (χ4v) is 5.71. The number of esters is 1. The van der Waals surface area contributed by atoms with Crippen molar-refractivity contribution in [1.29, 1.82) is 0 Å². The van der Waals surface area contributed by atoms with Crippen molar-refractivity contribution in [2.45, 2.75) is 38.3 Å².